The number of nitrogens with two attached hydrogens (primary N) is 1. The van der Waals surface area contributed by atoms with Gasteiger partial charge in [0.15, 0.2) is 4.67 Å². The highest BCUT2D eigenvalue weighted by molar-refractivity contribution is 9.10. The van der Waals surface area contributed by atoms with E-state index in [1.165, 1.54) is 0 Å². The van der Waals surface area contributed by atoms with Crippen molar-refractivity contribution in [2.24, 2.45) is 0 Å². The summed E-state index contributed by atoms with van der Waals surface area (Å²) in [6, 6.07) is 8.66. The fraction of sp³-hybridized carbons (Fsp3) is 0.267. The molecule has 0 unspecified atom stereocenters. The minimum Gasteiger partial charge on any atom is -0.492 e. The summed E-state index contributed by atoms with van der Waals surface area (Å²) in [4.78, 5) is 13.9. The molecule has 2 N–H and O–H groups in total. The van der Waals surface area contributed by atoms with Gasteiger partial charge >= 0.3 is 0 Å². The molecule has 0 fully saturated rings. The summed E-state index contributed by atoms with van der Waals surface area (Å²) in [5.74, 6) is 1.17. The molecule has 0 saturated carbocycles. The third-order valence-electron chi connectivity index (χ3n) is 2.93. The van der Waals surface area contributed by atoms with E-state index >= 15 is 0 Å². The lowest BCUT2D eigenvalue weighted by Crippen LogP contribution is -2.26. The first-order valence-electron chi connectivity index (χ1n) is 6.53. The zero-order chi connectivity index (χ0) is 15.4. The molecular formula is C15H17BrN2O3. The summed E-state index contributed by atoms with van der Waals surface area (Å²) in [5.41, 5.74) is 6.85. The molecule has 1 amide bonds. The number of nitrogen functional groups attached to an aromatic ring is 1. The number of carbonyl (C=O) groups is 1. The first kappa shape index (κ1) is 15.4. The molecule has 0 aliphatic heterocycles. The highest BCUT2D eigenvalue weighted by Gasteiger charge is 2.15. The molecule has 6 heteroatoms. The largest absolute Gasteiger partial charge is 0.492 e. The van der Waals surface area contributed by atoms with Gasteiger partial charge in [-0.3, -0.25) is 4.79 Å². The van der Waals surface area contributed by atoms with Gasteiger partial charge in [0.25, 0.3) is 5.91 Å². The van der Waals surface area contributed by atoms with Crippen LogP contribution in [0.4, 0.5) is 5.69 Å². The molecule has 5 nitrogen and oxygen atoms in total. The second-order valence-corrected chi connectivity index (χ2v) is 5.33. The zero-order valence-electron chi connectivity index (χ0n) is 11.9. The second kappa shape index (κ2) is 6.67. The smallest absolute Gasteiger partial charge is 0.254 e. The molecule has 1 aromatic carbocycles. The van der Waals surface area contributed by atoms with Crippen molar-refractivity contribution in [3.05, 3.63) is 46.3 Å². The number of anilines is 1. The van der Waals surface area contributed by atoms with Gasteiger partial charge < -0.3 is 19.8 Å². The standard InChI is InChI=1S/C15H17BrN2O3/c1-3-20-13-6-4-10(8-12(13)17)15(19)18(2)9-11-5-7-14(16)21-11/h4-8H,3,9,17H2,1-2H3. The Hall–Kier alpha value is -1.95. The quantitative estimate of drug-likeness (QED) is 0.838. The van der Waals surface area contributed by atoms with Crippen molar-refractivity contribution in [2.45, 2.75) is 13.5 Å². The number of amides is 1. The van der Waals surface area contributed by atoms with Gasteiger partial charge in [-0.05, 0) is 53.2 Å². The number of rotatable bonds is 5. The molecule has 0 radical (unpaired) electrons. The highest BCUT2D eigenvalue weighted by atomic mass is 79.9. The predicted octanol–water partition coefficient (Wildman–Crippen LogP) is 3.30. The lowest BCUT2D eigenvalue weighted by Gasteiger charge is -2.16. The van der Waals surface area contributed by atoms with Crippen molar-refractivity contribution in [3.63, 3.8) is 0 Å². The van der Waals surface area contributed by atoms with Gasteiger partial charge in [-0.2, -0.15) is 0 Å². The van der Waals surface area contributed by atoms with Gasteiger partial charge in [-0.15, -0.1) is 0 Å². The third kappa shape index (κ3) is 3.78. The van der Waals surface area contributed by atoms with E-state index in [4.69, 9.17) is 14.9 Å². The minimum absolute atomic E-state index is 0.128. The first-order valence-corrected chi connectivity index (χ1v) is 7.32. The van der Waals surface area contributed by atoms with Gasteiger partial charge in [0.1, 0.15) is 11.5 Å². The maximum absolute atomic E-state index is 12.4. The first-order chi connectivity index (χ1) is 10.0. The molecule has 112 valence electrons. The Morgan fingerprint density at radius 2 is 2.14 bits per heavy atom. The van der Waals surface area contributed by atoms with Crippen LogP contribution >= 0.6 is 15.9 Å². The van der Waals surface area contributed by atoms with Crippen molar-refractivity contribution in [1.29, 1.82) is 0 Å². The summed E-state index contributed by atoms with van der Waals surface area (Å²) in [6.45, 7) is 2.80. The second-order valence-electron chi connectivity index (χ2n) is 4.55. The lowest BCUT2D eigenvalue weighted by molar-refractivity contribution is 0.0775. The molecule has 0 atom stereocenters. The van der Waals surface area contributed by atoms with E-state index in [2.05, 4.69) is 15.9 Å². The fourth-order valence-corrected chi connectivity index (χ4v) is 2.27. The minimum atomic E-state index is -0.128. The number of hydrogen-bond acceptors (Lipinski definition) is 4. The molecule has 0 spiro atoms. The number of furan rings is 1. The summed E-state index contributed by atoms with van der Waals surface area (Å²) < 4.78 is 11.4. The lowest BCUT2D eigenvalue weighted by atomic mass is 10.1. The SMILES string of the molecule is CCOc1ccc(C(=O)N(C)Cc2ccc(Br)o2)cc1N. The van der Waals surface area contributed by atoms with Crippen LogP contribution in [0.2, 0.25) is 0 Å². The Kier molecular flexibility index (Phi) is 4.90. The highest BCUT2D eigenvalue weighted by Crippen LogP contribution is 2.23. The van der Waals surface area contributed by atoms with Gasteiger partial charge in [-0.25, -0.2) is 0 Å². The Bertz CT molecular complexity index is 640. The van der Waals surface area contributed by atoms with E-state index < -0.39 is 0 Å². The van der Waals surface area contributed by atoms with Crippen molar-refractivity contribution in [3.8, 4) is 5.75 Å². The van der Waals surface area contributed by atoms with E-state index in [1.807, 2.05) is 13.0 Å². The van der Waals surface area contributed by atoms with E-state index in [9.17, 15) is 4.79 Å². The summed E-state index contributed by atoms with van der Waals surface area (Å²) in [7, 11) is 1.71. The average Bonchev–Trinajstić information content (AvgIpc) is 2.85. The van der Waals surface area contributed by atoms with Gasteiger partial charge in [0.2, 0.25) is 0 Å². The molecule has 0 aliphatic rings. The number of ether oxygens (including phenoxy) is 1. The van der Waals surface area contributed by atoms with E-state index in [0.29, 0.717) is 40.6 Å². The number of carbonyl (C=O) groups excluding carboxylic acids is 1. The molecule has 1 aromatic heterocycles. The Morgan fingerprint density at radius 3 is 2.71 bits per heavy atom. The fourth-order valence-electron chi connectivity index (χ4n) is 1.93. The molecule has 0 bridgehead atoms. The van der Waals surface area contributed by atoms with Crippen LogP contribution < -0.4 is 10.5 Å². The van der Waals surface area contributed by atoms with Crippen molar-refractivity contribution in [1.82, 2.24) is 4.90 Å². The number of halogens is 1. The molecule has 0 aliphatic carbocycles. The Labute approximate surface area is 131 Å². The van der Waals surface area contributed by atoms with Gasteiger partial charge in [0, 0.05) is 12.6 Å². The summed E-state index contributed by atoms with van der Waals surface area (Å²) in [5, 5.41) is 0. The molecule has 1 heterocycles. The molecule has 0 saturated heterocycles. The zero-order valence-corrected chi connectivity index (χ0v) is 13.5. The average molecular weight is 353 g/mol. The summed E-state index contributed by atoms with van der Waals surface area (Å²) >= 11 is 3.24. The van der Waals surface area contributed by atoms with Crippen LogP contribution in [0.15, 0.2) is 39.4 Å². The van der Waals surface area contributed by atoms with E-state index in [-0.39, 0.29) is 5.91 Å². The van der Waals surface area contributed by atoms with Gasteiger partial charge in [0.05, 0.1) is 18.8 Å². The van der Waals surface area contributed by atoms with Crippen LogP contribution in [0.25, 0.3) is 0 Å². The third-order valence-corrected chi connectivity index (χ3v) is 3.35. The molecule has 2 aromatic rings. The van der Waals surface area contributed by atoms with Crippen LogP contribution in [-0.2, 0) is 6.54 Å². The van der Waals surface area contributed by atoms with Crippen molar-refractivity contribution < 1.29 is 13.9 Å². The van der Waals surface area contributed by atoms with Crippen molar-refractivity contribution in [2.75, 3.05) is 19.4 Å². The normalized spacial score (nSPS) is 10.4. The van der Waals surface area contributed by atoms with Crippen LogP contribution in [-0.4, -0.2) is 24.5 Å². The molecular weight excluding hydrogens is 336 g/mol. The van der Waals surface area contributed by atoms with E-state index in [0.717, 1.165) is 0 Å². The predicted molar refractivity (Wildman–Crippen MR) is 84.2 cm³/mol. The van der Waals surface area contributed by atoms with Crippen LogP contribution in [0.3, 0.4) is 0 Å². The molecule has 21 heavy (non-hydrogen) atoms. The summed E-state index contributed by atoms with van der Waals surface area (Å²) in [6.07, 6.45) is 0. The van der Waals surface area contributed by atoms with Crippen LogP contribution in [0.5, 0.6) is 5.75 Å². The topological polar surface area (TPSA) is 68.7 Å². The monoisotopic (exact) mass is 352 g/mol. The number of nitrogens with zero attached hydrogens (tertiary/aromatic N) is 1. The Balaban J connectivity index is 2.10. The van der Waals surface area contributed by atoms with Crippen LogP contribution in [0, 0.1) is 0 Å². The maximum atomic E-state index is 12.4. The van der Waals surface area contributed by atoms with Crippen LogP contribution in [0.1, 0.15) is 23.0 Å². The van der Waals surface area contributed by atoms with Gasteiger partial charge in [-0.1, -0.05) is 0 Å². The van der Waals surface area contributed by atoms with Crippen molar-refractivity contribution >= 4 is 27.5 Å². The number of benzene rings is 1. The Morgan fingerprint density at radius 1 is 1.38 bits per heavy atom. The molecule has 2 rings (SSSR count). The van der Waals surface area contributed by atoms with E-state index in [1.54, 1.807) is 36.2 Å². The number of hydrogen-bond donors (Lipinski definition) is 1. The maximum Gasteiger partial charge on any atom is 0.254 e.